The molecular formula is C11H17ClN4O. The molecule has 0 saturated carbocycles. The zero-order chi connectivity index (χ0) is 12.3. The van der Waals surface area contributed by atoms with Gasteiger partial charge >= 0.3 is 0 Å². The van der Waals surface area contributed by atoms with Crippen LogP contribution in [0, 0.1) is 0 Å². The first-order valence-electron chi connectivity index (χ1n) is 5.87. The maximum absolute atomic E-state index is 8.89. The standard InChI is InChI=1S/C11H17ClN4O/c12-9-10(13)14-7-15-11(9)16-5-1-3-8(16)4-2-6-17/h7-8,17H,1-6H2,(H2,13,14,15). The third kappa shape index (κ3) is 2.61. The van der Waals surface area contributed by atoms with Crippen molar-refractivity contribution < 1.29 is 5.11 Å². The van der Waals surface area contributed by atoms with Crippen molar-refractivity contribution in [3.8, 4) is 0 Å². The lowest BCUT2D eigenvalue weighted by Crippen LogP contribution is -2.30. The van der Waals surface area contributed by atoms with Crippen LogP contribution in [0.3, 0.4) is 0 Å². The first-order chi connectivity index (χ1) is 8.24. The zero-order valence-corrected chi connectivity index (χ0v) is 10.4. The largest absolute Gasteiger partial charge is 0.396 e. The molecule has 0 spiro atoms. The van der Waals surface area contributed by atoms with Crippen molar-refractivity contribution in [3.05, 3.63) is 11.3 Å². The van der Waals surface area contributed by atoms with Crippen molar-refractivity contribution >= 4 is 23.2 Å². The summed E-state index contributed by atoms with van der Waals surface area (Å²) in [6, 6.07) is 0.397. The highest BCUT2D eigenvalue weighted by atomic mass is 35.5. The summed E-state index contributed by atoms with van der Waals surface area (Å²) in [5, 5.41) is 9.33. The van der Waals surface area contributed by atoms with Gasteiger partial charge in [-0.2, -0.15) is 0 Å². The number of hydrogen-bond acceptors (Lipinski definition) is 5. The lowest BCUT2D eigenvalue weighted by atomic mass is 10.1. The average Bonchev–Trinajstić information content (AvgIpc) is 2.78. The summed E-state index contributed by atoms with van der Waals surface area (Å²) in [5.41, 5.74) is 5.68. The third-order valence-electron chi connectivity index (χ3n) is 3.14. The molecule has 1 unspecified atom stereocenters. The van der Waals surface area contributed by atoms with Crippen LogP contribution in [0.25, 0.3) is 0 Å². The Morgan fingerprint density at radius 3 is 3.12 bits per heavy atom. The normalized spacial score (nSPS) is 19.9. The number of anilines is 2. The number of aliphatic hydroxyl groups excluding tert-OH is 1. The van der Waals surface area contributed by atoms with Gasteiger partial charge in [0.2, 0.25) is 0 Å². The second kappa shape index (κ2) is 5.51. The third-order valence-corrected chi connectivity index (χ3v) is 3.51. The van der Waals surface area contributed by atoms with E-state index in [2.05, 4.69) is 14.9 Å². The summed E-state index contributed by atoms with van der Waals surface area (Å²) in [6.45, 7) is 1.16. The smallest absolute Gasteiger partial charge is 0.153 e. The minimum Gasteiger partial charge on any atom is -0.396 e. The molecule has 1 aromatic heterocycles. The molecule has 2 heterocycles. The highest BCUT2D eigenvalue weighted by Crippen LogP contribution is 2.33. The molecule has 0 aromatic carbocycles. The van der Waals surface area contributed by atoms with Gasteiger partial charge in [-0.1, -0.05) is 11.6 Å². The van der Waals surface area contributed by atoms with Crippen molar-refractivity contribution in [2.75, 3.05) is 23.8 Å². The molecule has 0 aliphatic carbocycles. The van der Waals surface area contributed by atoms with Crippen LogP contribution >= 0.6 is 11.6 Å². The van der Waals surface area contributed by atoms with Gasteiger partial charge in [0.25, 0.3) is 0 Å². The molecule has 2 rings (SSSR count). The summed E-state index contributed by atoms with van der Waals surface area (Å²) >= 11 is 6.13. The quantitative estimate of drug-likeness (QED) is 0.853. The predicted octanol–water partition coefficient (Wildman–Crippen LogP) is 1.45. The Morgan fingerprint density at radius 1 is 1.53 bits per heavy atom. The lowest BCUT2D eigenvalue weighted by Gasteiger charge is -2.26. The van der Waals surface area contributed by atoms with Crippen LogP contribution < -0.4 is 10.6 Å². The number of aliphatic hydroxyl groups is 1. The molecule has 94 valence electrons. The Bertz CT molecular complexity index is 388. The van der Waals surface area contributed by atoms with Gasteiger partial charge in [0.1, 0.15) is 17.2 Å². The van der Waals surface area contributed by atoms with Gasteiger partial charge in [-0.25, -0.2) is 9.97 Å². The van der Waals surface area contributed by atoms with Crippen LogP contribution in [0.1, 0.15) is 25.7 Å². The fourth-order valence-corrected chi connectivity index (χ4v) is 2.52. The SMILES string of the molecule is Nc1ncnc(N2CCCC2CCCO)c1Cl. The molecule has 1 aliphatic rings. The van der Waals surface area contributed by atoms with Gasteiger partial charge in [-0.3, -0.25) is 0 Å². The van der Waals surface area contributed by atoms with Crippen molar-refractivity contribution in [2.24, 2.45) is 0 Å². The fourth-order valence-electron chi connectivity index (χ4n) is 2.32. The minimum absolute atomic E-state index is 0.226. The molecule has 1 aliphatic heterocycles. The lowest BCUT2D eigenvalue weighted by molar-refractivity contribution is 0.279. The van der Waals surface area contributed by atoms with Crippen molar-refractivity contribution in [3.63, 3.8) is 0 Å². The number of aromatic nitrogens is 2. The molecule has 6 heteroatoms. The Balaban J connectivity index is 2.17. The molecule has 1 atom stereocenters. The van der Waals surface area contributed by atoms with E-state index in [1.54, 1.807) is 0 Å². The first-order valence-corrected chi connectivity index (χ1v) is 6.25. The van der Waals surface area contributed by atoms with Gasteiger partial charge in [0, 0.05) is 19.2 Å². The maximum atomic E-state index is 8.89. The number of nitrogens with two attached hydrogens (primary N) is 1. The van der Waals surface area contributed by atoms with Gasteiger partial charge in [0.05, 0.1) is 0 Å². The van der Waals surface area contributed by atoms with Crippen LogP contribution in [0.15, 0.2) is 6.33 Å². The molecule has 1 aromatic rings. The molecular weight excluding hydrogens is 240 g/mol. The predicted molar refractivity (Wildman–Crippen MR) is 68.1 cm³/mol. The number of halogens is 1. The number of hydrogen-bond donors (Lipinski definition) is 2. The summed E-state index contributed by atoms with van der Waals surface area (Å²) in [5.74, 6) is 1.05. The maximum Gasteiger partial charge on any atom is 0.153 e. The Labute approximate surface area is 106 Å². The van der Waals surface area contributed by atoms with E-state index in [0.717, 1.165) is 38.0 Å². The van der Waals surface area contributed by atoms with E-state index in [1.807, 2.05) is 0 Å². The van der Waals surface area contributed by atoms with Crippen LogP contribution in [-0.4, -0.2) is 34.3 Å². The molecule has 5 nitrogen and oxygen atoms in total. The van der Waals surface area contributed by atoms with E-state index in [9.17, 15) is 0 Å². The number of nitrogen functional groups attached to an aromatic ring is 1. The van der Waals surface area contributed by atoms with Gasteiger partial charge < -0.3 is 15.7 Å². The highest BCUT2D eigenvalue weighted by molar-refractivity contribution is 6.35. The summed E-state index contributed by atoms with van der Waals surface area (Å²) in [4.78, 5) is 10.3. The number of rotatable bonds is 4. The number of nitrogens with zero attached hydrogens (tertiary/aromatic N) is 3. The highest BCUT2D eigenvalue weighted by Gasteiger charge is 2.27. The summed E-state index contributed by atoms with van der Waals surface area (Å²) in [7, 11) is 0. The summed E-state index contributed by atoms with van der Waals surface area (Å²) in [6.07, 6.45) is 5.44. The van der Waals surface area contributed by atoms with E-state index in [4.69, 9.17) is 22.4 Å². The molecule has 1 saturated heterocycles. The molecule has 0 amide bonds. The monoisotopic (exact) mass is 256 g/mol. The average molecular weight is 257 g/mol. The van der Waals surface area contributed by atoms with Crippen molar-refractivity contribution in [1.82, 2.24) is 9.97 Å². The molecule has 0 bridgehead atoms. The Kier molecular flexibility index (Phi) is 4.02. The molecule has 17 heavy (non-hydrogen) atoms. The minimum atomic E-state index is 0.226. The second-order valence-corrected chi connectivity index (χ2v) is 4.63. The van der Waals surface area contributed by atoms with Gasteiger partial charge in [0.15, 0.2) is 5.82 Å². The van der Waals surface area contributed by atoms with E-state index in [0.29, 0.717) is 16.9 Å². The fraction of sp³-hybridized carbons (Fsp3) is 0.636. The molecule has 3 N–H and O–H groups in total. The Morgan fingerprint density at radius 2 is 2.35 bits per heavy atom. The van der Waals surface area contributed by atoms with Gasteiger partial charge in [-0.15, -0.1) is 0 Å². The van der Waals surface area contributed by atoms with Crippen molar-refractivity contribution in [1.29, 1.82) is 0 Å². The topological polar surface area (TPSA) is 75.3 Å². The van der Waals surface area contributed by atoms with Gasteiger partial charge in [-0.05, 0) is 25.7 Å². The van der Waals surface area contributed by atoms with E-state index < -0.39 is 0 Å². The van der Waals surface area contributed by atoms with E-state index in [1.165, 1.54) is 6.33 Å². The molecule has 0 radical (unpaired) electrons. The van der Waals surface area contributed by atoms with Crippen LogP contribution in [-0.2, 0) is 0 Å². The Hall–Kier alpha value is -1.07. The summed E-state index contributed by atoms with van der Waals surface area (Å²) < 4.78 is 0. The van der Waals surface area contributed by atoms with Crippen LogP contribution in [0.2, 0.25) is 5.02 Å². The first kappa shape index (κ1) is 12.4. The van der Waals surface area contributed by atoms with Crippen LogP contribution in [0.5, 0.6) is 0 Å². The van der Waals surface area contributed by atoms with E-state index >= 15 is 0 Å². The zero-order valence-electron chi connectivity index (χ0n) is 9.64. The second-order valence-electron chi connectivity index (χ2n) is 4.25. The van der Waals surface area contributed by atoms with E-state index in [-0.39, 0.29) is 6.61 Å². The molecule has 1 fully saturated rings. The van der Waals surface area contributed by atoms with Crippen molar-refractivity contribution in [2.45, 2.75) is 31.7 Å². The van der Waals surface area contributed by atoms with Crippen LogP contribution in [0.4, 0.5) is 11.6 Å².